The number of hydrogen-bond acceptors (Lipinski definition) is 3. The van der Waals surface area contributed by atoms with E-state index in [4.69, 9.17) is 10.5 Å². The van der Waals surface area contributed by atoms with Crippen molar-refractivity contribution in [2.75, 3.05) is 25.5 Å². The van der Waals surface area contributed by atoms with E-state index >= 15 is 0 Å². The lowest BCUT2D eigenvalue weighted by Gasteiger charge is -2.38. The monoisotopic (exact) mass is 310 g/mol. The highest BCUT2D eigenvalue weighted by molar-refractivity contribution is 9.10. The van der Waals surface area contributed by atoms with E-state index in [0.29, 0.717) is 6.04 Å². The van der Waals surface area contributed by atoms with E-state index in [1.807, 2.05) is 6.07 Å². The standard InChI is InChI=1S/C14H19BrN2O/c15-13-3-4-14(16)12-8-17(6-5-11(12)13)10-2-1-7-18-9-10/h3-4,10H,1-2,5-9,16H2. The van der Waals surface area contributed by atoms with Crippen molar-refractivity contribution in [1.82, 2.24) is 4.90 Å². The van der Waals surface area contributed by atoms with Gasteiger partial charge in [-0.15, -0.1) is 0 Å². The van der Waals surface area contributed by atoms with E-state index in [1.165, 1.54) is 28.4 Å². The van der Waals surface area contributed by atoms with Gasteiger partial charge in [0, 0.05) is 35.9 Å². The first-order chi connectivity index (χ1) is 8.75. The number of ether oxygens (including phenoxy) is 1. The molecule has 2 aliphatic heterocycles. The Morgan fingerprint density at radius 3 is 3.00 bits per heavy atom. The van der Waals surface area contributed by atoms with Crippen molar-refractivity contribution in [3.8, 4) is 0 Å². The number of halogens is 1. The van der Waals surface area contributed by atoms with Crippen LogP contribution in [0.2, 0.25) is 0 Å². The van der Waals surface area contributed by atoms with Gasteiger partial charge >= 0.3 is 0 Å². The topological polar surface area (TPSA) is 38.5 Å². The Morgan fingerprint density at radius 2 is 2.22 bits per heavy atom. The van der Waals surface area contributed by atoms with Gasteiger partial charge in [0.2, 0.25) is 0 Å². The number of nitrogen functional groups attached to an aromatic ring is 1. The molecular formula is C14H19BrN2O. The van der Waals surface area contributed by atoms with Gasteiger partial charge in [-0.2, -0.15) is 0 Å². The van der Waals surface area contributed by atoms with Gasteiger partial charge < -0.3 is 10.5 Å². The lowest BCUT2D eigenvalue weighted by molar-refractivity contribution is 0.0126. The number of hydrogen-bond donors (Lipinski definition) is 1. The minimum absolute atomic E-state index is 0.574. The maximum Gasteiger partial charge on any atom is 0.0621 e. The van der Waals surface area contributed by atoms with Gasteiger partial charge in [-0.05, 0) is 42.5 Å². The van der Waals surface area contributed by atoms with Crippen LogP contribution >= 0.6 is 15.9 Å². The highest BCUT2D eigenvalue weighted by Crippen LogP contribution is 2.32. The van der Waals surface area contributed by atoms with Crippen LogP contribution < -0.4 is 5.73 Å². The molecule has 0 aliphatic carbocycles. The fourth-order valence-corrected chi connectivity index (χ4v) is 3.57. The van der Waals surface area contributed by atoms with Gasteiger partial charge in [-0.1, -0.05) is 15.9 Å². The summed E-state index contributed by atoms with van der Waals surface area (Å²) in [6, 6.07) is 4.64. The van der Waals surface area contributed by atoms with Gasteiger partial charge in [0.25, 0.3) is 0 Å². The van der Waals surface area contributed by atoms with Crippen LogP contribution in [-0.2, 0) is 17.7 Å². The molecule has 1 fully saturated rings. The lowest BCUT2D eigenvalue weighted by atomic mass is 9.96. The van der Waals surface area contributed by atoms with Crippen LogP contribution in [-0.4, -0.2) is 30.7 Å². The molecule has 0 saturated carbocycles. The molecule has 0 radical (unpaired) electrons. The summed E-state index contributed by atoms with van der Waals surface area (Å²) < 4.78 is 6.80. The molecule has 3 nitrogen and oxygen atoms in total. The average molecular weight is 311 g/mol. The zero-order chi connectivity index (χ0) is 12.5. The quantitative estimate of drug-likeness (QED) is 0.810. The average Bonchev–Trinajstić information content (AvgIpc) is 2.44. The van der Waals surface area contributed by atoms with Crippen LogP contribution in [0.1, 0.15) is 24.0 Å². The molecule has 0 spiro atoms. The first-order valence-electron chi connectivity index (χ1n) is 6.63. The molecule has 0 amide bonds. The molecule has 1 aromatic rings. The Balaban J connectivity index is 1.82. The predicted octanol–water partition coefficient (Wildman–Crippen LogP) is 2.57. The van der Waals surface area contributed by atoms with Gasteiger partial charge in [-0.3, -0.25) is 4.90 Å². The SMILES string of the molecule is Nc1ccc(Br)c2c1CN(C1CCCOC1)CC2. The molecular weight excluding hydrogens is 292 g/mol. The molecule has 3 rings (SSSR count). The second-order valence-corrected chi connectivity index (χ2v) is 6.04. The van der Waals surface area contributed by atoms with Crippen molar-refractivity contribution in [2.24, 2.45) is 0 Å². The van der Waals surface area contributed by atoms with Crippen molar-refractivity contribution < 1.29 is 4.74 Å². The molecule has 1 atom stereocenters. The summed E-state index contributed by atoms with van der Waals surface area (Å²) >= 11 is 3.63. The second kappa shape index (κ2) is 5.19. The fourth-order valence-electron chi connectivity index (χ4n) is 3.00. The molecule has 18 heavy (non-hydrogen) atoms. The Labute approximate surface area is 116 Å². The van der Waals surface area contributed by atoms with Gasteiger partial charge in [0.05, 0.1) is 6.61 Å². The summed E-state index contributed by atoms with van der Waals surface area (Å²) in [5, 5.41) is 0. The third kappa shape index (κ3) is 2.29. The Kier molecular flexibility index (Phi) is 3.59. The van der Waals surface area contributed by atoms with E-state index in [9.17, 15) is 0 Å². The van der Waals surface area contributed by atoms with E-state index in [1.54, 1.807) is 0 Å². The molecule has 2 N–H and O–H groups in total. The zero-order valence-electron chi connectivity index (χ0n) is 10.5. The second-order valence-electron chi connectivity index (χ2n) is 5.19. The summed E-state index contributed by atoms with van der Waals surface area (Å²) in [6.45, 7) is 3.88. The first-order valence-corrected chi connectivity index (χ1v) is 7.42. The van der Waals surface area contributed by atoms with Crippen LogP contribution in [0.15, 0.2) is 16.6 Å². The summed E-state index contributed by atoms with van der Waals surface area (Å²) in [5.41, 5.74) is 9.75. The van der Waals surface area contributed by atoms with E-state index < -0.39 is 0 Å². The van der Waals surface area contributed by atoms with Crippen LogP contribution in [0.3, 0.4) is 0 Å². The summed E-state index contributed by atoms with van der Waals surface area (Å²) in [6.07, 6.45) is 3.52. The minimum atomic E-state index is 0.574. The molecule has 0 aromatic heterocycles. The highest BCUT2D eigenvalue weighted by Gasteiger charge is 2.27. The van der Waals surface area contributed by atoms with Crippen LogP contribution in [0.5, 0.6) is 0 Å². The third-order valence-electron chi connectivity index (χ3n) is 4.07. The smallest absolute Gasteiger partial charge is 0.0621 e. The van der Waals surface area contributed by atoms with Gasteiger partial charge in [0.15, 0.2) is 0 Å². The van der Waals surface area contributed by atoms with E-state index in [0.717, 1.165) is 38.4 Å². The maximum absolute atomic E-state index is 6.12. The number of benzene rings is 1. The van der Waals surface area contributed by atoms with Crippen LogP contribution in [0, 0.1) is 0 Å². The first kappa shape index (κ1) is 12.5. The number of anilines is 1. The van der Waals surface area contributed by atoms with Crippen molar-refractivity contribution in [3.63, 3.8) is 0 Å². The Hall–Kier alpha value is -0.580. The third-order valence-corrected chi connectivity index (χ3v) is 4.82. The van der Waals surface area contributed by atoms with Gasteiger partial charge in [-0.25, -0.2) is 0 Å². The summed E-state index contributed by atoms with van der Waals surface area (Å²) in [7, 11) is 0. The normalized spacial score (nSPS) is 24.8. The molecule has 0 bridgehead atoms. The highest BCUT2D eigenvalue weighted by atomic mass is 79.9. The largest absolute Gasteiger partial charge is 0.398 e. The summed E-state index contributed by atoms with van der Waals surface area (Å²) in [5.74, 6) is 0. The molecule has 2 heterocycles. The van der Waals surface area contributed by atoms with Crippen molar-refractivity contribution in [3.05, 3.63) is 27.7 Å². The predicted molar refractivity (Wildman–Crippen MR) is 76.5 cm³/mol. The molecule has 1 saturated heterocycles. The Bertz CT molecular complexity index is 444. The van der Waals surface area contributed by atoms with Crippen molar-refractivity contribution in [2.45, 2.75) is 31.8 Å². The number of nitrogens with two attached hydrogens (primary N) is 1. The van der Waals surface area contributed by atoms with Crippen LogP contribution in [0.25, 0.3) is 0 Å². The molecule has 2 aliphatic rings. The van der Waals surface area contributed by atoms with Crippen molar-refractivity contribution >= 4 is 21.6 Å². The number of fused-ring (bicyclic) bond motifs is 1. The fraction of sp³-hybridized carbons (Fsp3) is 0.571. The molecule has 98 valence electrons. The number of rotatable bonds is 1. The lowest BCUT2D eigenvalue weighted by Crippen LogP contribution is -2.44. The molecule has 1 unspecified atom stereocenters. The van der Waals surface area contributed by atoms with Crippen LogP contribution in [0.4, 0.5) is 5.69 Å². The Morgan fingerprint density at radius 1 is 1.33 bits per heavy atom. The van der Waals surface area contributed by atoms with E-state index in [2.05, 4.69) is 26.9 Å². The molecule has 1 aromatic carbocycles. The van der Waals surface area contributed by atoms with Gasteiger partial charge in [0.1, 0.15) is 0 Å². The minimum Gasteiger partial charge on any atom is -0.398 e. The summed E-state index contributed by atoms with van der Waals surface area (Å²) in [4.78, 5) is 2.53. The maximum atomic E-state index is 6.12. The molecule has 4 heteroatoms. The van der Waals surface area contributed by atoms with E-state index in [-0.39, 0.29) is 0 Å². The number of nitrogens with zero attached hydrogens (tertiary/aromatic N) is 1. The zero-order valence-corrected chi connectivity index (χ0v) is 12.1. The van der Waals surface area contributed by atoms with Crippen molar-refractivity contribution in [1.29, 1.82) is 0 Å².